The summed E-state index contributed by atoms with van der Waals surface area (Å²) in [4.78, 5) is 40.4. The molecule has 7 heteroatoms. The molecule has 0 radical (unpaired) electrons. The van der Waals surface area contributed by atoms with Crippen LogP contribution in [0.1, 0.15) is 28.8 Å². The summed E-state index contributed by atoms with van der Waals surface area (Å²) < 4.78 is 25.3. The molecule has 1 aliphatic carbocycles. The summed E-state index contributed by atoms with van der Waals surface area (Å²) in [6.07, 6.45) is 0. The van der Waals surface area contributed by atoms with E-state index in [9.17, 15) is 18.8 Å². The summed E-state index contributed by atoms with van der Waals surface area (Å²) in [7, 11) is 0. The van der Waals surface area contributed by atoms with Crippen LogP contribution >= 0.6 is 15.9 Å². The highest BCUT2D eigenvalue weighted by Crippen LogP contribution is 2.78. The van der Waals surface area contributed by atoms with Crippen LogP contribution in [0.2, 0.25) is 0 Å². The highest BCUT2D eigenvalue weighted by Gasteiger charge is 2.89. The molecule has 0 amide bonds. The van der Waals surface area contributed by atoms with E-state index >= 15 is 0 Å². The Morgan fingerprint density at radius 1 is 1.00 bits per heavy atom. The van der Waals surface area contributed by atoms with Gasteiger partial charge in [-0.3, -0.25) is 14.4 Å². The molecule has 5 nitrogen and oxygen atoms in total. The summed E-state index contributed by atoms with van der Waals surface area (Å²) in [5.41, 5.74) is -2.52. The van der Waals surface area contributed by atoms with Crippen LogP contribution in [0.5, 0.6) is 11.5 Å². The van der Waals surface area contributed by atoms with Crippen molar-refractivity contribution in [3.63, 3.8) is 0 Å². The summed E-state index contributed by atoms with van der Waals surface area (Å²) in [6.45, 7) is 1.57. The number of hydrogen-bond donors (Lipinski definition) is 0. The third-order valence-electron chi connectivity index (χ3n) is 6.43. The fraction of sp³-hybridized carbons (Fsp3) is 0.160. The molecule has 0 spiro atoms. The molecule has 160 valence electrons. The van der Waals surface area contributed by atoms with Crippen LogP contribution < -0.4 is 9.47 Å². The van der Waals surface area contributed by atoms with Gasteiger partial charge in [-0.2, -0.15) is 0 Å². The van der Waals surface area contributed by atoms with Crippen molar-refractivity contribution in [1.29, 1.82) is 0 Å². The van der Waals surface area contributed by atoms with Gasteiger partial charge in [0.1, 0.15) is 17.3 Å². The number of esters is 2. The molecule has 1 aliphatic heterocycles. The number of ether oxygens (including phenoxy) is 2. The first-order chi connectivity index (χ1) is 15.3. The molecule has 0 bridgehead atoms. The van der Waals surface area contributed by atoms with Gasteiger partial charge in [-0.05, 0) is 61.5 Å². The molecule has 0 N–H and O–H groups in total. The zero-order valence-electron chi connectivity index (χ0n) is 16.8. The minimum Gasteiger partial charge on any atom is -0.426 e. The highest BCUT2D eigenvalue weighted by atomic mass is 79.9. The third-order valence-corrected chi connectivity index (χ3v) is 6.95. The smallest absolute Gasteiger partial charge is 0.330 e. The average Bonchev–Trinajstić information content (AvgIpc) is 3.39. The minimum absolute atomic E-state index is 0.199. The van der Waals surface area contributed by atoms with Crippen LogP contribution in [0.4, 0.5) is 4.39 Å². The molecular formula is C25H16BrFO5. The Morgan fingerprint density at radius 3 is 2.34 bits per heavy atom. The molecule has 0 aromatic heterocycles. The van der Waals surface area contributed by atoms with Gasteiger partial charge in [0.15, 0.2) is 11.2 Å². The predicted octanol–water partition coefficient (Wildman–Crippen LogP) is 5.09. The Kier molecular flexibility index (Phi) is 4.57. The number of fused-ring (bicyclic) bond motifs is 3. The van der Waals surface area contributed by atoms with E-state index in [4.69, 9.17) is 9.47 Å². The molecule has 3 aromatic rings. The standard InChI is InChI=1S/C25H16BrFO5/c1-24(21(28)14-6-10-16(27)11-7-14)20-18-4-2-3-5-19(18)32-23(30)25(20,24)22(29)31-17-12-8-15(26)9-13-17/h2-13,20H,1H3/t20-,24-,25+/m1/s1. The van der Waals surface area contributed by atoms with E-state index in [2.05, 4.69) is 15.9 Å². The topological polar surface area (TPSA) is 69.7 Å². The Labute approximate surface area is 191 Å². The first-order valence-corrected chi connectivity index (χ1v) is 10.7. The molecule has 1 heterocycles. The monoisotopic (exact) mass is 494 g/mol. The van der Waals surface area contributed by atoms with Crippen molar-refractivity contribution in [3.05, 3.63) is 94.2 Å². The number of ketones is 1. The Morgan fingerprint density at radius 2 is 1.66 bits per heavy atom. The van der Waals surface area contributed by atoms with Crippen molar-refractivity contribution in [2.24, 2.45) is 10.8 Å². The number of para-hydroxylation sites is 1. The maximum absolute atomic E-state index is 13.6. The molecule has 32 heavy (non-hydrogen) atoms. The second-order valence-corrected chi connectivity index (χ2v) is 8.97. The minimum atomic E-state index is -1.85. The van der Waals surface area contributed by atoms with Gasteiger partial charge in [-0.15, -0.1) is 0 Å². The maximum atomic E-state index is 13.6. The molecule has 1 saturated carbocycles. The largest absolute Gasteiger partial charge is 0.426 e. The van der Waals surface area contributed by atoms with E-state index in [0.717, 1.165) is 4.47 Å². The Hall–Kier alpha value is -3.32. The fourth-order valence-corrected chi connectivity index (χ4v) is 5.06. The van der Waals surface area contributed by atoms with Crippen molar-refractivity contribution >= 4 is 33.7 Å². The predicted molar refractivity (Wildman–Crippen MR) is 116 cm³/mol. The van der Waals surface area contributed by atoms with Crippen molar-refractivity contribution < 1.29 is 28.2 Å². The quantitative estimate of drug-likeness (QED) is 0.219. The fourth-order valence-electron chi connectivity index (χ4n) is 4.80. The van der Waals surface area contributed by atoms with Crippen LogP contribution in [0.3, 0.4) is 0 Å². The van der Waals surface area contributed by atoms with Crippen molar-refractivity contribution in [1.82, 2.24) is 0 Å². The lowest BCUT2D eigenvalue weighted by Gasteiger charge is -2.22. The molecular weight excluding hydrogens is 479 g/mol. The third kappa shape index (κ3) is 2.70. The number of benzene rings is 3. The van der Waals surface area contributed by atoms with Crippen molar-refractivity contribution in [2.75, 3.05) is 0 Å². The zero-order chi connectivity index (χ0) is 22.7. The number of Topliss-reactive ketones (excluding diaryl/α,β-unsaturated/α-hetero) is 1. The van der Waals surface area contributed by atoms with Gasteiger partial charge in [-0.1, -0.05) is 34.1 Å². The van der Waals surface area contributed by atoms with Crippen LogP contribution in [0, 0.1) is 16.6 Å². The van der Waals surface area contributed by atoms with Crippen LogP contribution in [-0.2, 0) is 9.59 Å². The first-order valence-electron chi connectivity index (χ1n) is 9.89. The van der Waals surface area contributed by atoms with Gasteiger partial charge in [0.2, 0.25) is 0 Å². The second kappa shape index (κ2) is 7.10. The number of rotatable bonds is 4. The molecule has 3 aromatic carbocycles. The van der Waals surface area contributed by atoms with E-state index in [1.165, 1.54) is 24.3 Å². The lowest BCUT2D eigenvalue weighted by atomic mass is 9.87. The van der Waals surface area contributed by atoms with Gasteiger partial charge in [0.25, 0.3) is 0 Å². The van der Waals surface area contributed by atoms with E-state index < -0.39 is 40.3 Å². The highest BCUT2D eigenvalue weighted by molar-refractivity contribution is 9.10. The van der Waals surface area contributed by atoms with E-state index in [1.807, 2.05) is 0 Å². The first kappa shape index (κ1) is 20.6. The summed E-state index contributed by atoms with van der Waals surface area (Å²) in [6, 6.07) is 18.4. The van der Waals surface area contributed by atoms with Crippen molar-refractivity contribution in [3.8, 4) is 11.5 Å². The number of carbonyl (C=O) groups is 3. The Bertz CT molecular complexity index is 1270. The summed E-state index contributed by atoms with van der Waals surface area (Å²) in [5.74, 6) is -2.86. The van der Waals surface area contributed by atoms with Crippen LogP contribution in [0.25, 0.3) is 0 Å². The lowest BCUT2D eigenvalue weighted by Crippen LogP contribution is -2.41. The van der Waals surface area contributed by atoms with E-state index in [1.54, 1.807) is 55.5 Å². The van der Waals surface area contributed by atoms with E-state index in [-0.39, 0.29) is 11.3 Å². The SMILES string of the molecule is C[C@]1(C(=O)c2ccc(F)cc2)[C@H]2c3ccccc3OC(=O)[C@@]21C(=O)Oc1ccc(Br)cc1. The van der Waals surface area contributed by atoms with Gasteiger partial charge >= 0.3 is 11.9 Å². The molecule has 0 saturated heterocycles. The molecule has 3 atom stereocenters. The normalized spacial score (nSPS) is 25.2. The second-order valence-electron chi connectivity index (χ2n) is 8.05. The molecule has 5 rings (SSSR count). The van der Waals surface area contributed by atoms with Crippen LogP contribution in [-0.4, -0.2) is 17.7 Å². The number of halogens is 2. The van der Waals surface area contributed by atoms with Crippen LogP contribution in [0.15, 0.2) is 77.3 Å². The molecule has 2 aliphatic rings. The average molecular weight is 495 g/mol. The molecule has 1 fully saturated rings. The van der Waals surface area contributed by atoms with Crippen molar-refractivity contribution in [2.45, 2.75) is 12.8 Å². The van der Waals surface area contributed by atoms with Gasteiger partial charge in [0, 0.05) is 21.5 Å². The zero-order valence-corrected chi connectivity index (χ0v) is 18.4. The van der Waals surface area contributed by atoms with Gasteiger partial charge in [0.05, 0.1) is 5.41 Å². The number of hydrogen-bond acceptors (Lipinski definition) is 5. The lowest BCUT2D eigenvalue weighted by molar-refractivity contribution is -0.156. The summed E-state index contributed by atoms with van der Waals surface area (Å²) in [5, 5.41) is 0. The summed E-state index contributed by atoms with van der Waals surface area (Å²) >= 11 is 3.32. The van der Waals surface area contributed by atoms with E-state index in [0.29, 0.717) is 11.3 Å². The Balaban J connectivity index is 1.62. The number of carbonyl (C=O) groups excluding carboxylic acids is 3. The van der Waals surface area contributed by atoms with Gasteiger partial charge < -0.3 is 9.47 Å². The maximum Gasteiger partial charge on any atom is 0.330 e. The van der Waals surface area contributed by atoms with Gasteiger partial charge in [-0.25, -0.2) is 4.39 Å². The molecule has 0 unspecified atom stereocenters.